The van der Waals surface area contributed by atoms with E-state index in [4.69, 9.17) is 10.8 Å². The van der Waals surface area contributed by atoms with Crippen molar-refractivity contribution in [2.24, 2.45) is 11.1 Å². The summed E-state index contributed by atoms with van der Waals surface area (Å²) in [4.78, 5) is 24.8. The van der Waals surface area contributed by atoms with E-state index in [9.17, 15) is 9.59 Å². The van der Waals surface area contributed by atoms with Gasteiger partial charge in [-0.2, -0.15) is 0 Å². The first kappa shape index (κ1) is 13.0. The lowest BCUT2D eigenvalue weighted by Gasteiger charge is -2.36. The molecule has 0 aromatic carbocycles. The highest BCUT2D eigenvalue weighted by Gasteiger charge is 2.53. The molecule has 1 aliphatic carbocycles. The topological polar surface area (TPSA) is 83.6 Å². The van der Waals surface area contributed by atoms with Gasteiger partial charge in [0.2, 0.25) is 5.91 Å². The van der Waals surface area contributed by atoms with Gasteiger partial charge in [0.15, 0.2) is 0 Å². The van der Waals surface area contributed by atoms with Gasteiger partial charge in [0.1, 0.15) is 5.54 Å². The summed E-state index contributed by atoms with van der Waals surface area (Å²) in [5.41, 5.74) is 3.93. The van der Waals surface area contributed by atoms with E-state index in [-0.39, 0.29) is 5.91 Å². The molecular weight excluding hydrogens is 208 g/mol. The van der Waals surface area contributed by atoms with Crippen molar-refractivity contribution in [3.63, 3.8) is 0 Å². The highest BCUT2D eigenvalue weighted by molar-refractivity contribution is 5.91. The highest BCUT2D eigenvalue weighted by atomic mass is 16.4. The number of amides is 1. The molecule has 1 saturated carbocycles. The van der Waals surface area contributed by atoms with E-state index in [1.165, 1.54) is 4.90 Å². The van der Waals surface area contributed by atoms with Crippen molar-refractivity contribution in [2.75, 3.05) is 13.1 Å². The van der Waals surface area contributed by atoms with Crippen molar-refractivity contribution in [2.45, 2.75) is 39.2 Å². The van der Waals surface area contributed by atoms with Crippen LogP contribution >= 0.6 is 0 Å². The van der Waals surface area contributed by atoms with Gasteiger partial charge in [-0.25, -0.2) is 4.79 Å². The maximum Gasteiger partial charge on any atom is 0.329 e. The summed E-state index contributed by atoms with van der Waals surface area (Å²) < 4.78 is 0. The SMILES string of the molecule is CCN(C(=O)C1(CN)CC1)C(C)(C)C(=O)O. The van der Waals surface area contributed by atoms with Gasteiger partial charge in [0.05, 0.1) is 5.41 Å². The van der Waals surface area contributed by atoms with Crippen molar-refractivity contribution < 1.29 is 14.7 Å². The van der Waals surface area contributed by atoms with E-state index >= 15 is 0 Å². The van der Waals surface area contributed by atoms with E-state index in [1.54, 1.807) is 20.8 Å². The second-order valence-corrected chi connectivity index (χ2v) is 4.90. The number of likely N-dealkylation sites (N-methyl/N-ethyl adjacent to an activating group) is 1. The molecule has 16 heavy (non-hydrogen) atoms. The summed E-state index contributed by atoms with van der Waals surface area (Å²) in [6, 6.07) is 0. The first-order valence-electron chi connectivity index (χ1n) is 5.57. The number of carbonyl (C=O) groups is 2. The summed E-state index contributed by atoms with van der Waals surface area (Å²) in [5.74, 6) is -1.11. The van der Waals surface area contributed by atoms with Crippen LogP contribution in [0.1, 0.15) is 33.6 Å². The maximum absolute atomic E-state index is 12.2. The second-order valence-electron chi connectivity index (χ2n) is 4.90. The van der Waals surface area contributed by atoms with Crippen molar-refractivity contribution >= 4 is 11.9 Å². The molecule has 1 rings (SSSR count). The molecule has 0 saturated heterocycles. The van der Waals surface area contributed by atoms with Crippen LogP contribution in [0.3, 0.4) is 0 Å². The molecule has 3 N–H and O–H groups in total. The quantitative estimate of drug-likeness (QED) is 0.715. The molecule has 0 radical (unpaired) electrons. The molecule has 0 heterocycles. The zero-order chi connectivity index (χ0) is 12.6. The Morgan fingerprint density at radius 1 is 1.44 bits per heavy atom. The molecule has 0 aliphatic heterocycles. The lowest BCUT2D eigenvalue weighted by Crippen LogP contribution is -2.55. The molecule has 1 amide bonds. The summed E-state index contributed by atoms with van der Waals surface area (Å²) in [6.07, 6.45) is 1.54. The fourth-order valence-corrected chi connectivity index (χ4v) is 1.85. The van der Waals surface area contributed by atoms with Gasteiger partial charge in [0.25, 0.3) is 0 Å². The minimum atomic E-state index is -1.17. The number of nitrogens with two attached hydrogens (primary N) is 1. The number of carbonyl (C=O) groups excluding carboxylic acids is 1. The van der Waals surface area contributed by atoms with Crippen LogP contribution < -0.4 is 5.73 Å². The van der Waals surface area contributed by atoms with Crippen LogP contribution in [-0.4, -0.2) is 40.5 Å². The molecule has 0 unspecified atom stereocenters. The Hall–Kier alpha value is -1.10. The predicted molar refractivity (Wildman–Crippen MR) is 59.8 cm³/mol. The third kappa shape index (κ3) is 1.91. The van der Waals surface area contributed by atoms with Crippen LogP contribution in [0.2, 0.25) is 0 Å². The van der Waals surface area contributed by atoms with Gasteiger partial charge >= 0.3 is 5.97 Å². The Morgan fingerprint density at radius 2 is 1.94 bits per heavy atom. The van der Waals surface area contributed by atoms with E-state index in [0.717, 1.165) is 12.8 Å². The van der Waals surface area contributed by atoms with Crippen molar-refractivity contribution in [3.8, 4) is 0 Å². The normalized spacial score (nSPS) is 18.0. The van der Waals surface area contributed by atoms with Crippen LogP contribution in [-0.2, 0) is 9.59 Å². The van der Waals surface area contributed by atoms with Crippen LogP contribution in [0.15, 0.2) is 0 Å². The van der Waals surface area contributed by atoms with E-state index in [2.05, 4.69) is 0 Å². The summed E-state index contributed by atoms with van der Waals surface area (Å²) in [6.45, 7) is 5.57. The fraction of sp³-hybridized carbons (Fsp3) is 0.818. The zero-order valence-electron chi connectivity index (χ0n) is 10.1. The Bertz CT molecular complexity index is 308. The molecule has 5 heteroatoms. The van der Waals surface area contributed by atoms with Gasteiger partial charge in [-0.15, -0.1) is 0 Å². The van der Waals surface area contributed by atoms with Crippen LogP contribution in [0.5, 0.6) is 0 Å². The number of aliphatic carboxylic acids is 1. The Kier molecular flexibility index (Phi) is 3.28. The highest BCUT2D eigenvalue weighted by Crippen LogP contribution is 2.47. The van der Waals surface area contributed by atoms with Crippen LogP contribution in [0.25, 0.3) is 0 Å². The molecule has 0 aromatic rings. The molecule has 1 fully saturated rings. The lowest BCUT2D eigenvalue weighted by molar-refractivity contribution is -0.159. The van der Waals surface area contributed by atoms with E-state index < -0.39 is 16.9 Å². The molecule has 1 aliphatic rings. The summed E-state index contributed by atoms with van der Waals surface area (Å²) in [7, 11) is 0. The third-order valence-corrected chi connectivity index (χ3v) is 3.46. The number of nitrogens with zero attached hydrogens (tertiary/aromatic N) is 1. The van der Waals surface area contributed by atoms with Crippen LogP contribution in [0.4, 0.5) is 0 Å². The molecule has 92 valence electrons. The Labute approximate surface area is 95.6 Å². The Balaban J connectivity index is 2.91. The van der Waals surface area contributed by atoms with E-state index in [0.29, 0.717) is 13.1 Å². The second kappa shape index (κ2) is 4.05. The van der Waals surface area contributed by atoms with Gasteiger partial charge in [-0.1, -0.05) is 0 Å². The number of hydrogen-bond donors (Lipinski definition) is 2. The number of hydrogen-bond acceptors (Lipinski definition) is 3. The molecule has 5 nitrogen and oxygen atoms in total. The van der Waals surface area contributed by atoms with E-state index in [1.807, 2.05) is 0 Å². The third-order valence-electron chi connectivity index (χ3n) is 3.46. The lowest BCUT2D eigenvalue weighted by atomic mass is 9.98. The smallest absolute Gasteiger partial charge is 0.329 e. The van der Waals surface area contributed by atoms with Crippen molar-refractivity contribution in [3.05, 3.63) is 0 Å². The summed E-state index contributed by atoms with van der Waals surface area (Å²) in [5, 5.41) is 9.13. The molecule has 0 spiro atoms. The molecule has 0 aromatic heterocycles. The average molecular weight is 228 g/mol. The number of carboxylic acids is 1. The molecule has 0 atom stereocenters. The predicted octanol–water partition coefficient (Wildman–Crippen LogP) is 0.437. The Morgan fingerprint density at radius 3 is 2.19 bits per heavy atom. The number of rotatable bonds is 5. The van der Waals surface area contributed by atoms with Gasteiger partial charge < -0.3 is 15.7 Å². The molecular formula is C11H20N2O3. The number of carboxylic acid groups (broad SMARTS) is 1. The minimum Gasteiger partial charge on any atom is -0.480 e. The minimum absolute atomic E-state index is 0.120. The summed E-state index contributed by atoms with van der Waals surface area (Å²) >= 11 is 0. The van der Waals surface area contributed by atoms with Gasteiger partial charge in [-0.3, -0.25) is 4.79 Å². The van der Waals surface area contributed by atoms with Crippen molar-refractivity contribution in [1.82, 2.24) is 4.90 Å². The first-order chi connectivity index (χ1) is 7.31. The zero-order valence-corrected chi connectivity index (χ0v) is 10.1. The molecule has 0 bridgehead atoms. The maximum atomic E-state index is 12.2. The standard InChI is InChI=1S/C11H20N2O3/c1-4-13(10(2,3)9(15)16)8(14)11(7-12)5-6-11/h4-7,12H2,1-3H3,(H,15,16). The van der Waals surface area contributed by atoms with Crippen molar-refractivity contribution in [1.29, 1.82) is 0 Å². The average Bonchev–Trinajstić information content (AvgIpc) is 2.98. The van der Waals surface area contributed by atoms with Gasteiger partial charge in [0, 0.05) is 13.1 Å². The largest absolute Gasteiger partial charge is 0.480 e. The first-order valence-corrected chi connectivity index (χ1v) is 5.57. The monoisotopic (exact) mass is 228 g/mol. The van der Waals surface area contributed by atoms with Crippen LogP contribution in [0, 0.1) is 5.41 Å². The van der Waals surface area contributed by atoms with Gasteiger partial charge in [-0.05, 0) is 33.6 Å². The fourth-order valence-electron chi connectivity index (χ4n) is 1.85.